The number of hydrogen-bond acceptors (Lipinski definition) is 6. The minimum Gasteiger partial charge on any atom is -0.378 e. The molecule has 172 valence electrons. The van der Waals surface area contributed by atoms with E-state index in [-0.39, 0.29) is 27.7 Å². The lowest BCUT2D eigenvalue weighted by atomic mass is 10.1. The van der Waals surface area contributed by atoms with E-state index >= 15 is 0 Å². The molecule has 3 aromatic carbocycles. The largest absolute Gasteiger partial charge is 0.378 e. The maximum absolute atomic E-state index is 12.8. The molecule has 3 aromatic rings. The highest BCUT2D eigenvalue weighted by molar-refractivity contribution is 7.87. The molecule has 0 aliphatic carbocycles. The number of carbonyl (C=O) groups is 2. The summed E-state index contributed by atoms with van der Waals surface area (Å²) in [5.74, 6) is -1.06. The summed E-state index contributed by atoms with van der Waals surface area (Å²) in [6, 6.07) is 19.7. The third-order valence-corrected chi connectivity index (χ3v) is 5.81. The lowest BCUT2D eigenvalue weighted by Crippen LogP contribution is -2.14. The van der Waals surface area contributed by atoms with Crippen LogP contribution in [-0.2, 0) is 19.7 Å². The van der Waals surface area contributed by atoms with Crippen LogP contribution in [0.1, 0.15) is 12.5 Å². The van der Waals surface area contributed by atoms with Crippen molar-refractivity contribution in [1.82, 2.24) is 0 Å². The van der Waals surface area contributed by atoms with Gasteiger partial charge in [0.05, 0.1) is 0 Å². The van der Waals surface area contributed by atoms with Crippen molar-refractivity contribution in [2.75, 3.05) is 10.6 Å². The molecule has 3 rings (SSSR count). The molecule has 0 aliphatic rings. The van der Waals surface area contributed by atoms with Gasteiger partial charge in [0.15, 0.2) is 0 Å². The predicted molar refractivity (Wildman–Crippen MR) is 129 cm³/mol. The Labute approximate surface area is 201 Å². The van der Waals surface area contributed by atoms with Crippen molar-refractivity contribution in [1.29, 1.82) is 5.26 Å². The van der Waals surface area contributed by atoms with Gasteiger partial charge in [-0.05, 0) is 54.6 Å². The molecule has 0 radical (unpaired) electrons. The Morgan fingerprint density at radius 3 is 2.32 bits per heavy atom. The molecule has 2 amide bonds. The zero-order valence-electron chi connectivity index (χ0n) is 17.8. The molecule has 0 unspecified atom stereocenters. The number of nitriles is 1. The van der Waals surface area contributed by atoms with Crippen LogP contribution in [0.25, 0.3) is 6.08 Å². The van der Waals surface area contributed by atoms with Gasteiger partial charge in [-0.15, -0.1) is 0 Å². The van der Waals surface area contributed by atoms with Gasteiger partial charge in [-0.3, -0.25) is 9.59 Å². The summed E-state index contributed by atoms with van der Waals surface area (Å²) in [5, 5.41) is 15.0. The Morgan fingerprint density at radius 2 is 1.68 bits per heavy atom. The topological polar surface area (TPSA) is 125 Å². The van der Waals surface area contributed by atoms with Gasteiger partial charge in [-0.2, -0.15) is 13.7 Å². The molecular formula is C24H18ClN3O5S. The fraction of sp³-hybridized carbons (Fsp3) is 0.0417. The summed E-state index contributed by atoms with van der Waals surface area (Å²) in [6.45, 7) is 1.34. The average molecular weight is 496 g/mol. The summed E-state index contributed by atoms with van der Waals surface area (Å²) >= 11 is 5.91. The first-order valence-corrected chi connectivity index (χ1v) is 11.6. The molecule has 0 spiro atoms. The van der Waals surface area contributed by atoms with Gasteiger partial charge in [0, 0.05) is 28.9 Å². The summed E-state index contributed by atoms with van der Waals surface area (Å²) < 4.78 is 30.8. The Bertz CT molecular complexity index is 1410. The third kappa shape index (κ3) is 6.45. The van der Waals surface area contributed by atoms with E-state index in [0.717, 1.165) is 0 Å². The van der Waals surface area contributed by atoms with Crippen LogP contribution in [0.2, 0.25) is 5.02 Å². The molecule has 8 nitrogen and oxygen atoms in total. The second kappa shape index (κ2) is 10.7. The summed E-state index contributed by atoms with van der Waals surface area (Å²) in [7, 11) is -4.24. The van der Waals surface area contributed by atoms with Crippen LogP contribution in [-0.4, -0.2) is 20.2 Å². The van der Waals surface area contributed by atoms with Crippen LogP contribution in [0.3, 0.4) is 0 Å². The molecule has 0 heterocycles. The highest BCUT2D eigenvalue weighted by Crippen LogP contribution is 2.26. The van der Waals surface area contributed by atoms with Crippen molar-refractivity contribution < 1.29 is 22.2 Å². The monoisotopic (exact) mass is 495 g/mol. The normalized spacial score (nSPS) is 11.3. The van der Waals surface area contributed by atoms with Gasteiger partial charge in [-0.1, -0.05) is 35.9 Å². The van der Waals surface area contributed by atoms with Crippen LogP contribution in [0.5, 0.6) is 5.75 Å². The first kappa shape index (κ1) is 24.5. The van der Waals surface area contributed by atoms with E-state index < -0.39 is 16.0 Å². The molecule has 0 aliphatic heterocycles. The molecule has 0 saturated carbocycles. The molecule has 0 saturated heterocycles. The fourth-order valence-corrected chi connectivity index (χ4v) is 3.96. The summed E-state index contributed by atoms with van der Waals surface area (Å²) in [4.78, 5) is 23.5. The number of nitrogens with zero attached hydrogens (tertiary/aromatic N) is 1. The number of hydrogen-bond donors (Lipinski definition) is 2. The first-order valence-electron chi connectivity index (χ1n) is 9.78. The third-order valence-electron chi connectivity index (χ3n) is 4.33. The molecule has 10 heteroatoms. The van der Waals surface area contributed by atoms with E-state index in [0.29, 0.717) is 16.4 Å². The zero-order chi connectivity index (χ0) is 24.7. The number of rotatable bonds is 7. The van der Waals surface area contributed by atoms with Crippen molar-refractivity contribution in [3.8, 4) is 11.8 Å². The van der Waals surface area contributed by atoms with E-state index in [1.165, 1.54) is 55.5 Å². The van der Waals surface area contributed by atoms with Crippen LogP contribution in [0, 0.1) is 11.3 Å². The first-order chi connectivity index (χ1) is 16.2. The summed E-state index contributed by atoms with van der Waals surface area (Å²) in [6.07, 6.45) is 1.23. The number of benzene rings is 3. The van der Waals surface area contributed by atoms with Gasteiger partial charge in [-0.25, -0.2) is 0 Å². The van der Waals surface area contributed by atoms with Crippen molar-refractivity contribution in [2.45, 2.75) is 11.8 Å². The van der Waals surface area contributed by atoms with Gasteiger partial charge in [0.1, 0.15) is 22.3 Å². The zero-order valence-corrected chi connectivity index (χ0v) is 19.4. The van der Waals surface area contributed by atoms with Crippen LogP contribution in [0.15, 0.2) is 83.3 Å². The highest BCUT2D eigenvalue weighted by Gasteiger charge is 2.19. The standard InChI is InChI=1S/C24H18ClN3O5S/c1-16(29)27-20-9-11-22(12-10-20)34(31,32)33-23-8-3-2-5-17(23)13-18(15-26)24(30)28-21-7-4-6-19(25)14-21/h2-14H,1H3,(H,27,29)(H,28,30)/b18-13+. The molecule has 0 fully saturated rings. The molecule has 34 heavy (non-hydrogen) atoms. The van der Waals surface area contributed by atoms with Gasteiger partial charge < -0.3 is 14.8 Å². The van der Waals surface area contributed by atoms with Crippen molar-refractivity contribution in [3.05, 3.63) is 89.0 Å². The Hall–Kier alpha value is -4.13. The van der Waals surface area contributed by atoms with E-state index in [2.05, 4.69) is 10.6 Å². The van der Waals surface area contributed by atoms with E-state index in [4.69, 9.17) is 15.8 Å². The van der Waals surface area contributed by atoms with Crippen molar-refractivity contribution in [2.24, 2.45) is 0 Å². The Morgan fingerprint density at radius 1 is 0.971 bits per heavy atom. The van der Waals surface area contributed by atoms with Gasteiger partial charge in [0.25, 0.3) is 5.91 Å². The molecule has 0 atom stereocenters. The SMILES string of the molecule is CC(=O)Nc1ccc(S(=O)(=O)Oc2ccccc2/C=C(\C#N)C(=O)Nc2cccc(Cl)c2)cc1. The maximum Gasteiger partial charge on any atom is 0.339 e. The molecular weight excluding hydrogens is 478 g/mol. The smallest absolute Gasteiger partial charge is 0.339 e. The second-order valence-corrected chi connectivity index (χ2v) is 8.90. The number of amides is 2. The Balaban J connectivity index is 1.85. The summed E-state index contributed by atoms with van der Waals surface area (Å²) in [5.41, 5.74) is 0.763. The number of para-hydroxylation sites is 1. The van der Waals surface area contributed by atoms with Gasteiger partial charge in [0.2, 0.25) is 5.91 Å². The van der Waals surface area contributed by atoms with Crippen LogP contribution >= 0.6 is 11.6 Å². The number of anilines is 2. The van der Waals surface area contributed by atoms with Crippen LogP contribution in [0.4, 0.5) is 11.4 Å². The quantitative estimate of drug-likeness (QED) is 0.280. The van der Waals surface area contributed by atoms with Crippen molar-refractivity contribution in [3.63, 3.8) is 0 Å². The van der Waals surface area contributed by atoms with Gasteiger partial charge >= 0.3 is 10.1 Å². The van der Waals surface area contributed by atoms with E-state index in [9.17, 15) is 23.3 Å². The molecule has 2 N–H and O–H groups in total. The van der Waals surface area contributed by atoms with Crippen molar-refractivity contribution >= 4 is 51.0 Å². The second-order valence-electron chi connectivity index (χ2n) is 6.92. The minimum absolute atomic E-state index is 0.0725. The Kier molecular flexibility index (Phi) is 7.68. The number of nitrogens with one attached hydrogen (secondary N) is 2. The van der Waals surface area contributed by atoms with E-state index in [1.54, 1.807) is 36.4 Å². The molecule has 0 aromatic heterocycles. The lowest BCUT2D eigenvalue weighted by Gasteiger charge is -2.11. The lowest BCUT2D eigenvalue weighted by molar-refractivity contribution is -0.114. The van der Waals surface area contributed by atoms with E-state index in [1.807, 2.05) is 0 Å². The number of halogens is 1. The van der Waals surface area contributed by atoms with Crippen LogP contribution < -0.4 is 14.8 Å². The molecule has 0 bridgehead atoms. The fourth-order valence-electron chi connectivity index (χ4n) is 2.82. The highest BCUT2D eigenvalue weighted by atomic mass is 35.5. The predicted octanol–water partition coefficient (Wildman–Crippen LogP) is 4.61. The minimum atomic E-state index is -4.24. The number of carbonyl (C=O) groups excluding carboxylic acids is 2. The average Bonchev–Trinajstić information content (AvgIpc) is 2.78. The maximum atomic E-state index is 12.8.